The lowest BCUT2D eigenvalue weighted by Gasteiger charge is -2.03. The summed E-state index contributed by atoms with van der Waals surface area (Å²) in [4.78, 5) is 2.77. The number of rotatable bonds is 1. The van der Waals surface area contributed by atoms with Gasteiger partial charge in [-0.2, -0.15) is 0 Å². The van der Waals surface area contributed by atoms with Crippen LogP contribution < -0.4 is 0 Å². The highest BCUT2D eigenvalue weighted by atomic mass is 32.1. The van der Waals surface area contributed by atoms with Crippen LogP contribution in [0, 0.1) is 6.92 Å². The molecule has 0 saturated carbocycles. The monoisotopic (exact) mass is 280 g/mol. The van der Waals surface area contributed by atoms with Gasteiger partial charge in [0.15, 0.2) is 0 Å². The first-order valence-electron chi connectivity index (χ1n) is 6.29. The van der Waals surface area contributed by atoms with Gasteiger partial charge in [0.2, 0.25) is 0 Å². The Balaban J connectivity index is 2.00. The Morgan fingerprint density at radius 3 is 2.47 bits per heavy atom. The summed E-state index contributed by atoms with van der Waals surface area (Å²) in [6.45, 7) is 2.18. The highest BCUT2D eigenvalue weighted by Crippen LogP contribution is 2.40. The first-order valence-corrected chi connectivity index (χ1v) is 7.93. The van der Waals surface area contributed by atoms with Crippen LogP contribution >= 0.6 is 22.7 Å². The molecule has 2 aromatic heterocycles. The molecule has 0 saturated heterocycles. The average Bonchev–Trinajstić information content (AvgIpc) is 2.95. The molecular weight excluding hydrogens is 268 g/mol. The van der Waals surface area contributed by atoms with Gasteiger partial charge in [-0.1, -0.05) is 42.5 Å². The fourth-order valence-corrected chi connectivity index (χ4v) is 4.89. The van der Waals surface area contributed by atoms with Gasteiger partial charge >= 0.3 is 0 Å². The summed E-state index contributed by atoms with van der Waals surface area (Å²) in [5.74, 6) is 0. The zero-order valence-electron chi connectivity index (χ0n) is 10.5. The SMILES string of the molecule is Cc1cc2sc(-c3cccc4ccccc34)cc2s1. The van der Waals surface area contributed by atoms with Gasteiger partial charge in [-0.15, -0.1) is 22.7 Å². The first kappa shape index (κ1) is 11.2. The molecule has 2 aromatic carbocycles. The van der Waals surface area contributed by atoms with E-state index < -0.39 is 0 Å². The van der Waals surface area contributed by atoms with Crippen molar-refractivity contribution in [3.05, 3.63) is 59.5 Å². The van der Waals surface area contributed by atoms with E-state index in [4.69, 9.17) is 0 Å². The van der Waals surface area contributed by atoms with Crippen molar-refractivity contribution in [3.63, 3.8) is 0 Å². The molecule has 0 N–H and O–H groups in total. The maximum atomic E-state index is 2.33. The lowest BCUT2D eigenvalue weighted by atomic mass is 10.0. The molecule has 0 nitrogen and oxygen atoms in total. The third-order valence-corrected chi connectivity index (χ3v) is 5.63. The van der Waals surface area contributed by atoms with Crippen LogP contribution in [0.15, 0.2) is 54.6 Å². The van der Waals surface area contributed by atoms with Crippen LogP contribution in [0.1, 0.15) is 4.88 Å². The number of aryl methyl sites for hydroxylation is 1. The standard InChI is InChI=1S/C17H12S2/c1-11-9-16-17(18-11)10-15(19-16)14-8-4-6-12-5-2-3-7-13(12)14/h2-10H,1H3. The van der Waals surface area contributed by atoms with E-state index in [1.165, 1.54) is 35.5 Å². The second-order valence-corrected chi connectivity index (χ2v) is 7.09. The predicted octanol–water partition coefficient (Wildman–Crippen LogP) is 6.09. The van der Waals surface area contributed by atoms with Crippen molar-refractivity contribution in [3.8, 4) is 10.4 Å². The van der Waals surface area contributed by atoms with E-state index in [2.05, 4.69) is 61.5 Å². The number of fused-ring (bicyclic) bond motifs is 2. The maximum Gasteiger partial charge on any atom is 0.0459 e. The molecule has 0 fully saturated rings. The second-order valence-electron chi connectivity index (χ2n) is 4.72. The molecule has 4 aromatic rings. The number of thiophene rings is 2. The Bertz CT molecular complexity index is 844. The van der Waals surface area contributed by atoms with E-state index in [0.29, 0.717) is 0 Å². The highest BCUT2D eigenvalue weighted by molar-refractivity contribution is 7.29. The van der Waals surface area contributed by atoms with Gasteiger partial charge in [0.1, 0.15) is 0 Å². The van der Waals surface area contributed by atoms with Gasteiger partial charge in [0.05, 0.1) is 0 Å². The Morgan fingerprint density at radius 2 is 1.58 bits per heavy atom. The molecule has 4 rings (SSSR count). The molecule has 92 valence electrons. The van der Waals surface area contributed by atoms with Crippen LogP contribution in [0.25, 0.3) is 30.6 Å². The quantitative estimate of drug-likeness (QED) is 0.395. The van der Waals surface area contributed by atoms with Gasteiger partial charge in [0, 0.05) is 19.2 Å². The van der Waals surface area contributed by atoms with E-state index in [9.17, 15) is 0 Å². The first-order chi connectivity index (χ1) is 9.31. The Hall–Kier alpha value is -1.64. The van der Waals surface area contributed by atoms with Gasteiger partial charge in [0.25, 0.3) is 0 Å². The molecule has 0 spiro atoms. The Morgan fingerprint density at radius 1 is 0.789 bits per heavy atom. The summed E-state index contributed by atoms with van der Waals surface area (Å²) in [6.07, 6.45) is 0. The van der Waals surface area contributed by atoms with Crippen LogP contribution in [0.3, 0.4) is 0 Å². The summed E-state index contributed by atoms with van der Waals surface area (Å²) in [5.41, 5.74) is 1.35. The molecular formula is C17H12S2. The Labute approximate surface area is 119 Å². The minimum absolute atomic E-state index is 1.31. The lowest BCUT2D eigenvalue weighted by Crippen LogP contribution is -1.76. The molecule has 0 atom stereocenters. The molecule has 2 heteroatoms. The van der Waals surface area contributed by atoms with Crippen LogP contribution in [0.2, 0.25) is 0 Å². The molecule has 0 aliphatic carbocycles. The van der Waals surface area contributed by atoms with Crippen molar-refractivity contribution in [2.45, 2.75) is 6.92 Å². The van der Waals surface area contributed by atoms with Gasteiger partial charge in [-0.05, 0) is 35.4 Å². The van der Waals surface area contributed by atoms with Gasteiger partial charge in [-0.25, -0.2) is 0 Å². The van der Waals surface area contributed by atoms with E-state index in [0.717, 1.165) is 0 Å². The molecule has 0 radical (unpaired) electrons. The smallest absolute Gasteiger partial charge is 0.0459 e. The van der Waals surface area contributed by atoms with Crippen molar-refractivity contribution in [1.82, 2.24) is 0 Å². The summed E-state index contributed by atoms with van der Waals surface area (Å²) in [7, 11) is 0. The average molecular weight is 280 g/mol. The number of hydrogen-bond acceptors (Lipinski definition) is 2. The topological polar surface area (TPSA) is 0 Å². The normalized spacial score (nSPS) is 11.4. The molecule has 2 heterocycles. The summed E-state index contributed by atoms with van der Waals surface area (Å²) in [5, 5.41) is 2.66. The summed E-state index contributed by atoms with van der Waals surface area (Å²) >= 11 is 3.78. The van der Waals surface area contributed by atoms with Crippen LogP contribution in [0.4, 0.5) is 0 Å². The number of benzene rings is 2. The van der Waals surface area contributed by atoms with Gasteiger partial charge in [-0.3, -0.25) is 0 Å². The minimum Gasteiger partial charge on any atom is -0.140 e. The Kier molecular flexibility index (Phi) is 2.47. The molecule has 19 heavy (non-hydrogen) atoms. The second kappa shape index (κ2) is 4.19. The van der Waals surface area contributed by atoms with Crippen molar-refractivity contribution in [2.24, 2.45) is 0 Å². The van der Waals surface area contributed by atoms with Crippen molar-refractivity contribution in [2.75, 3.05) is 0 Å². The van der Waals surface area contributed by atoms with Crippen molar-refractivity contribution in [1.29, 1.82) is 0 Å². The van der Waals surface area contributed by atoms with Crippen LogP contribution in [-0.2, 0) is 0 Å². The fourth-order valence-electron chi connectivity index (χ4n) is 2.53. The molecule has 0 unspecified atom stereocenters. The minimum atomic E-state index is 1.31. The van der Waals surface area contributed by atoms with Gasteiger partial charge < -0.3 is 0 Å². The molecule has 0 aliphatic heterocycles. The molecule has 0 aliphatic rings. The van der Waals surface area contributed by atoms with Crippen molar-refractivity contribution < 1.29 is 0 Å². The number of hydrogen-bond donors (Lipinski definition) is 0. The zero-order valence-corrected chi connectivity index (χ0v) is 12.1. The predicted molar refractivity (Wildman–Crippen MR) is 87.4 cm³/mol. The third kappa shape index (κ3) is 1.79. The third-order valence-electron chi connectivity index (χ3n) is 3.39. The van der Waals surface area contributed by atoms with Crippen molar-refractivity contribution >= 4 is 42.8 Å². The van der Waals surface area contributed by atoms with E-state index in [1.54, 1.807) is 0 Å². The summed E-state index contributed by atoms with van der Waals surface area (Å²) < 4.78 is 2.82. The van der Waals surface area contributed by atoms with Crippen LogP contribution in [0.5, 0.6) is 0 Å². The maximum absolute atomic E-state index is 2.33. The van der Waals surface area contributed by atoms with E-state index in [-0.39, 0.29) is 0 Å². The van der Waals surface area contributed by atoms with E-state index in [1.807, 2.05) is 22.7 Å². The molecule has 0 amide bonds. The summed E-state index contributed by atoms with van der Waals surface area (Å²) in [6, 6.07) is 19.8. The highest BCUT2D eigenvalue weighted by Gasteiger charge is 2.09. The lowest BCUT2D eigenvalue weighted by molar-refractivity contribution is 1.66. The van der Waals surface area contributed by atoms with Crippen LogP contribution in [-0.4, -0.2) is 0 Å². The van der Waals surface area contributed by atoms with E-state index >= 15 is 0 Å². The molecule has 0 bridgehead atoms. The largest absolute Gasteiger partial charge is 0.140 e. The zero-order chi connectivity index (χ0) is 12.8. The fraction of sp³-hybridized carbons (Fsp3) is 0.0588.